The first-order chi connectivity index (χ1) is 9.57. The molecule has 1 atom stereocenters. The van der Waals surface area contributed by atoms with Gasteiger partial charge in [0.15, 0.2) is 0 Å². The summed E-state index contributed by atoms with van der Waals surface area (Å²) in [4.78, 5) is 0. The highest BCUT2D eigenvalue weighted by Gasteiger charge is 2.32. The zero-order valence-corrected chi connectivity index (χ0v) is 12.4. The molecule has 104 valence electrons. The van der Waals surface area contributed by atoms with Gasteiger partial charge in [0.2, 0.25) is 0 Å². The fraction of sp³-hybridized carbons (Fsp3) is 0.368. The number of hydrogen-bond donors (Lipinski definition) is 1. The molecular weight excluding hydrogens is 242 g/mol. The summed E-state index contributed by atoms with van der Waals surface area (Å²) in [5, 5.41) is 0. The maximum absolute atomic E-state index is 6.80. The molecule has 2 aromatic carbocycles. The van der Waals surface area contributed by atoms with Crippen LogP contribution in [0.15, 0.2) is 42.5 Å². The molecule has 1 nitrogen and oxygen atoms in total. The summed E-state index contributed by atoms with van der Waals surface area (Å²) < 4.78 is 0. The Kier molecular flexibility index (Phi) is 3.39. The van der Waals surface area contributed by atoms with E-state index in [4.69, 9.17) is 5.73 Å². The van der Waals surface area contributed by atoms with E-state index in [1.165, 1.54) is 40.7 Å². The summed E-state index contributed by atoms with van der Waals surface area (Å²) >= 11 is 0. The number of fused-ring (bicyclic) bond motifs is 1. The summed E-state index contributed by atoms with van der Waals surface area (Å²) in [6.45, 7) is 4.32. The lowest BCUT2D eigenvalue weighted by molar-refractivity contribution is 0.369. The van der Waals surface area contributed by atoms with Gasteiger partial charge in [-0.3, -0.25) is 0 Å². The Balaban J connectivity index is 1.97. The third-order valence-electron chi connectivity index (χ3n) is 4.42. The predicted molar refractivity (Wildman–Crippen MR) is 84.9 cm³/mol. The van der Waals surface area contributed by atoms with Crippen LogP contribution in [0.25, 0.3) is 0 Å². The zero-order chi connectivity index (χ0) is 14.2. The maximum atomic E-state index is 6.80. The molecule has 0 spiro atoms. The van der Waals surface area contributed by atoms with Crippen molar-refractivity contribution >= 4 is 0 Å². The molecule has 3 rings (SSSR count). The monoisotopic (exact) mass is 265 g/mol. The van der Waals surface area contributed by atoms with Gasteiger partial charge >= 0.3 is 0 Å². The Bertz CT molecular complexity index is 609. The van der Waals surface area contributed by atoms with Crippen LogP contribution >= 0.6 is 0 Å². The minimum absolute atomic E-state index is 0.199. The smallest absolute Gasteiger partial charge is 0.0453 e. The van der Waals surface area contributed by atoms with E-state index in [1.807, 2.05) is 0 Å². The van der Waals surface area contributed by atoms with Gasteiger partial charge in [0.1, 0.15) is 0 Å². The molecule has 1 heteroatoms. The van der Waals surface area contributed by atoms with Gasteiger partial charge in [-0.1, -0.05) is 53.6 Å². The van der Waals surface area contributed by atoms with Crippen molar-refractivity contribution in [2.75, 3.05) is 0 Å². The Labute approximate surface area is 121 Å². The molecule has 0 amide bonds. The number of benzene rings is 2. The average Bonchev–Trinajstić information content (AvgIpc) is 2.37. The number of nitrogens with two attached hydrogens (primary N) is 1. The second kappa shape index (κ2) is 5.06. The van der Waals surface area contributed by atoms with Crippen LogP contribution in [0.2, 0.25) is 0 Å². The first-order valence-corrected chi connectivity index (χ1v) is 7.51. The van der Waals surface area contributed by atoms with E-state index in [0.717, 1.165) is 12.8 Å². The molecule has 2 N–H and O–H groups in total. The molecule has 1 aliphatic rings. The van der Waals surface area contributed by atoms with Gasteiger partial charge < -0.3 is 5.73 Å². The quantitative estimate of drug-likeness (QED) is 0.871. The highest BCUT2D eigenvalue weighted by molar-refractivity contribution is 5.39. The first-order valence-electron chi connectivity index (χ1n) is 7.51. The Morgan fingerprint density at radius 1 is 1.05 bits per heavy atom. The molecule has 0 saturated carbocycles. The van der Waals surface area contributed by atoms with E-state index in [9.17, 15) is 0 Å². The second-order valence-corrected chi connectivity index (χ2v) is 6.34. The summed E-state index contributed by atoms with van der Waals surface area (Å²) in [5.41, 5.74) is 13.4. The van der Waals surface area contributed by atoms with Gasteiger partial charge in [-0.15, -0.1) is 0 Å². The van der Waals surface area contributed by atoms with Gasteiger partial charge in [-0.05, 0) is 56.2 Å². The molecule has 0 radical (unpaired) electrons. The minimum atomic E-state index is -0.199. The van der Waals surface area contributed by atoms with Gasteiger partial charge in [0.05, 0.1) is 0 Å². The molecule has 0 aromatic heterocycles. The fourth-order valence-electron chi connectivity index (χ4n) is 3.67. The number of hydrogen-bond acceptors (Lipinski definition) is 1. The van der Waals surface area contributed by atoms with Crippen molar-refractivity contribution in [2.45, 2.75) is 45.1 Å². The molecule has 0 bridgehead atoms. The van der Waals surface area contributed by atoms with Gasteiger partial charge in [0.25, 0.3) is 0 Å². The lowest BCUT2D eigenvalue weighted by Crippen LogP contribution is -2.42. The standard InChI is InChI=1S/C19H23N/c1-14-10-15(2)12-16(11-14)13-19(20)9-5-7-17-6-3-4-8-18(17)19/h3-4,6,8,10-12H,5,7,9,13,20H2,1-2H3. The summed E-state index contributed by atoms with van der Waals surface area (Å²) in [6.07, 6.45) is 4.38. The van der Waals surface area contributed by atoms with Gasteiger partial charge in [-0.2, -0.15) is 0 Å². The molecule has 0 saturated heterocycles. The van der Waals surface area contributed by atoms with E-state index in [2.05, 4.69) is 56.3 Å². The van der Waals surface area contributed by atoms with Crippen LogP contribution < -0.4 is 5.73 Å². The van der Waals surface area contributed by atoms with Crippen molar-refractivity contribution in [3.8, 4) is 0 Å². The highest BCUT2D eigenvalue weighted by atomic mass is 14.7. The molecule has 0 aliphatic heterocycles. The Morgan fingerprint density at radius 2 is 1.75 bits per heavy atom. The van der Waals surface area contributed by atoms with Crippen LogP contribution in [-0.2, 0) is 18.4 Å². The molecule has 2 aromatic rings. The number of rotatable bonds is 2. The summed E-state index contributed by atoms with van der Waals surface area (Å²) in [7, 11) is 0. The van der Waals surface area contributed by atoms with Crippen LogP contribution in [0.1, 0.15) is 40.7 Å². The van der Waals surface area contributed by atoms with Crippen molar-refractivity contribution in [3.63, 3.8) is 0 Å². The number of aryl methyl sites for hydroxylation is 3. The average molecular weight is 265 g/mol. The van der Waals surface area contributed by atoms with Gasteiger partial charge in [-0.25, -0.2) is 0 Å². The van der Waals surface area contributed by atoms with E-state index >= 15 is 0 Å². The largest absolute Gasteiger partial charge is 0.321 e. The molecule has 0 heterocycles. The maximum Gasteiger partial charge on any atom is 0.0453 e. The zero-order valence-electron chi connectivity index (χ0n) is 12.4. The first kappa shape index (κ1) is 13.4. The lowest BCUT2D eigenvalue weighted by atomic mass is 9.74. The Morgan fingerprint density at radius 3 is 2.50 bits per heavy atom. The molecular formula is C19H23N. The normalized spacial score (nSPS) is 21.6. The van der Waals surface area contributed by atoms with Crippen LogP contribution in [0.4, 0.5) is 0 Å². The summed E-state index contributed by atoms with van der Waals surface area (Å²) in [5.74, 6) is 0. The van der Waals surface area contributed by atoms with Crippen molar-refractivity contribution < 1.29 is 0 Å². The second-order valence-electron chi connectivity index (χ2n) is 6.34. The van der Waals surface area contributed by atoms with E-state index in [-0.39, 0.29) is 5.54 Å². The van der Waals surface area contributed by atoms with Crippen molar-refractivity contribution in [3.05, 3.63) is 70.3 Å². The SMILES string of the molecule is Cc1cc(C)cc(CC2(N)CCCc3ccccc32)c1. The molecule has 0 fully saturated rings. The van der Waals surface area contributed by atoms with E-state index in [1.54, 1.807) is 0 Å². The van der Waals surface area contributed by atoms with Crippen molar-refractivity contribution in [2.24, 2.45) is 5.73 Å². The highest BCUT2D eigenvalue weighted by Crippen LogP contribution is 2.36. The van der Waals surface area contributed by atoms with Crippen LogP contribution in [0.3, 0.4) is 0 Å². The third kappa shape index (κ3) is 2.51. The summed E-state index contributed by atoms with van der Waals surface area (Å²) in [6, 6.07) is 15.5. The Hall–Kier alpha value is -1.60. The molecule has 1 unspecified atom stereocenters. The minimum Gasteiger partial charge on any atom is -0.321 e. The third-order valence-corrected chi connectivity index (χ3v) is 4.42. The lowest BCUT2D eigenvalue weighted by Gasteiger charge is -2.36. The fourth-order valence-corrected chi connectivity index (χ4v) is 3.67. The van der Waals surface area contributed by atoms with Crippen molar-refractivity contribution in [1.29, 1.82) is 0 Å². The van der Waals surface area contributed by atoms with Crippen LogP contribution in [0.5, 0.6) is 0 Å². The van der Waals surface area contributed by atoms with E-state index < -0.39 is 0 Å². The van der Waals surface area contributed by atoms with Crippen molar-refractivity contribution in [1.82, 2.24) is 0 Å². The molecule has 1 aliphatic carbocycles. The topological polar surface area (TPSA) is 26.0 Å². The van der Waals surface area contributed by atoms with Gasteiger partial charge in [0, 0.05) is 5.54 Å². The van der Waals surface area contributed by atoms with Crippen LogP contribution in [-0.4, -0.2) is 0 Å². The van der Waals surface area contributed by atoms with E-state index in [0.29, 0.717) is 0 Å². The predicted octanol–water partition coefficient (Wildman–Crippen LogP) is 4.04. The molecule has 20 heavy (non-hydrogen) atoms. The van der Waals surface area contributed by atoms with Crippen LogP contribution in [0, 0.1) is 13.8 Å².